The van der Waals surface area contributed by atoms with E-state index in [0.717, 1.165) is 0 Å². The first-order valence-electron chi connectivity index (χ1n) is 5.00. The van der Waals surface area contributed by atoms with E-state index in [1.165, 1.54) is 21.9 Å². The van der Waals surface area contributed by atoms with Crippen molar-refractivity contribution in [1.82, 2.24) is 14.7 Å². The molecule has 6 nitrogen and oxygen atoms in total. The number of rotatable bonds is 3. The Kier molecular flexibility index (Phi) is 3.21. The zero-order valence-electron chi connectivity index (χ0n) is 9.08. The molecule has 0 fully saturated rings. The standard InChI is InChI=1S/C10H11N3O3S/c1-6(14)4-11-8(15)7-5-12-10-13(9(7)16)2-3-17-10/h2-3,5-6,14H,4H2,1H3,(H,11,15)/t6-/m1/s1. The molecule has 0 aliphatic carbocycles. The third-order valence-corrected chi connectivity index (χ3v) is 2.92. The Morgan fingerprint density at radius 3 is 3.18 bits per heavy atom. The van der Waals surface area contributed by atoms with Gasteiger partial charge in [0, 0.05) is 24.3 Å². The van der Waals surface area contributed by atoms with Crippen LogP contribution in [0.25, 0.3) is 4.96 Å². The van der Waals surface area contributed by atoms with Crippen molar-refractivity contribution in [2.75, 3.05) is 6.54 Å². The number of thiazole rings is 1. The largest absolute Gasteiger partial charge is 0.392 e. The Labute approximate surface area is 101 Å². The fourth-order valence-electron chi connectivity index (χ4n) is 1.32. The van der Waals surface area contributed by atoms with Gasteiger partial charge in [0.25, 0.3) is 11.5 Å². The summed E-state index contributed by atoms with van der Waals surface area (Å²) in [4.78, 5) is 28.1. The summed E-state index contributed by atoms with van der Waals surface area (Å²) in [5.74, 6) is -0.524. The molecule has 0 spiro atoms. The molecule has 2 aromatic rings. The summed E-state index contributed by atoms with van der Waals surface area (Å²) in [6, 6.07) is 0. The Hall–Kier alpha value is -1.73. The van der Waals surface area contributed by atoms with Crippen molar-refractivity contribution in [1.29, 1.82) is 0 Å². The van der Waals surface area contributed by atoms with E-state index in [0.29, 0.717) is 4.96 Å². The van der Waals surface area contributed by atoms with Crippen molar-refractivity contribution in [2.24, 2.45) is 0 Å². The maximum Gasteiger partial charge on any atom is 0.271 e. The lowest BCUT2D eigenvalue weighted by atomic mass is 10.3. The van der Waals surface area contributed by atoms with Gasteiger partial charge in [-0.25, -0.2) is 4.98 Å². The van der Waals surface area contributed by atoms with Gasteiger partial charge in [-0.15, -0.1) is 11.3 Å². The first kappa shape index (κ1) is 11.7. The van der Waals surface area contributed by atoms with Crippen molar-refractivity contribution < 1.29 is 9.90 Å². The van der Waals surface area contributed by atoms with Crippen LogP contribution in [-0.2, 0) is 0 Å². The molecule has 1 amide bonds. The van der Waals surface area contributed by atoms with Crippen LogP contribution in [-0.4, -0.2) is 33.0 Å². The summed E-state index contributed by atoms with van der Waals surface area (Å²) in [6.45, 7) is 1.65. The van der Waals surface area contributed by atoms with E-state index in [9.17, 15) is 9.59 Å². The molecule has 0 saturated carbocycles. The molecular formula is C10H11N3O3S. The van der Waals surface area contributed by atoms with Crippen LogP contribution >= 0.6 is 11.3 Å². The van der Waals surface area contributed by atoms with Gasteiger partial charge in [-0.1, -0.05) is 0 Å². The van der Waals surface area contributed by atoms with Crippen molar-refractivity contribution in [3.05, 3.63) is 33.7 Å². The second-order valence-corrected chi connectivity index (χ2v) is 4.46. The SMILES string of the molecule is C[C@@H](O)CNC(=O)c1cnc2sccn2c1=O. The summed E-state index contributed by atoms with van der Waals surface area (Å²) >= 11 is 1.32. The first-order valence-corrected chi connectivity index (χ1v) is 5.88. The number of carbonyl (C=O) groups excluding carboxylic acids is 1. The van der Waals surface area contributed by atoms with Crippen LogP contribution in [0.4, 0.5) is 0 Å². The summed E-state index contributed by atoms with van der Waals surface area (Å²) < 4.78 is 1.32. The molecule has 2 N–H and O–H groups in total. The first-order chi connectivity index (χ1) is 8.09. The third-order valence-electron chi connectivity index (χ3n) is 2.15. The summed E-state index contributed by atoms with van der Waals surface area (Å²) in [7, 11) is 0. The number of carbonyl (C=O) groups is 1. The van der Waals surface area contributed by atoms with Crippen molar-refractivity contribution >= 4 is 22.2 Å². The van der Waals surface area contributed by atoms with E-state index < -0.39 is 17.6 Å². The molecule has 7 heteroatoms. The predicted octanol–water partition coefficient (Wildman–Crippen LogP) is -0.133. The van der Waals surface area contributed by atoms with Crippen LogP contribution in [0, 0.1) is 0 Å². The van der Waals surface area contributed by atoms with Crippen LogP contribution in [0.3, 0.4) is 0 Å². The average Bonchev–Trinajstić information content (AvgIpc) is 2.75. The van der Waals surface area contributed by atoms with Crippen LogP contribution in [0.1, 0.15) is 17.3 Å². The maximum absolute atomic E-state index is 11.9. The van der Waals surface area contributed by atoms with Gasteiger partial charge in [0.15, 0.2) is 4.96 Å². The maximum atomic E-state index is 11.9. The minimum absolute atomic E-state index is 0.0263. The number of hydrogen-bond donors (Lipinski definition) is 2. The van der Waals surface area contributed by atoms with Crippen LogP contribution in [0.2, 0.25) is 0 Å². The Morgan fingerprint density at radius 2 is 2.47 bits per heavy atom. The van der Waals surface area contributed by atoms with E-state index in [2.05, 4.69) is 10.3 Å². The highest BCUT2D eigenvalue weighted by Gasteiger charge is 2.13. The van der Waals surface area contributed by atoms with E-state index in [4.69, 9.17) is 5.11 Å². The summed E-state index contributed by atoms with van der Waals surface area (Å²) in [5, 5.41) is 13.2. The molecule has 0 radical (unpaired) electrons. The fourth-order valence-corrected chi connectivity index (χ4v) is 1.99. The molecule has 2 rings (SSSR count). The quantitative estimate of drug-likeness (QED) is 0.798. The molecule has 17 heavy (non-hydrogen) atoms. The number of aromatic nitrogens is 2. The lowest BCUT2D eigenvalue weighted by molar-refractivity contribution is 0.0922. The average molecular weight is 253 g/mol. The number of nitrogens with one attached hydrogen (secondary N) is 1. The smallest absolute Gasteiger partial charge is 0.271 e. The Bertz CT molecular complexity index is 602. The number of amides is 1. The van der Waals surface area contributed by atoms with Gasteiger partial charge in [-0.05, 0) is 6.92 Å². The molecule has 0 aliphatic rings. The molecule has 2 heterocycles. The van der Waals surface area contributed by atoms with E-state index in [-0.39, 0.29) is 12.1 Å². The molecule has 0 bridgehead atoms. The van der Waals surface area contributed by atoms with Gasteiger partial charge in [-0.2, -0.15) is 0 Å². The van der Waals surface area contributed by atoms with Crippen molar-refractivity contribution in [3.63, 3.8) is 0 Å². The highest BCUT2D eigenvalue weighted by atomic mass is 32.1. The second kappa shape index (κ2) is 4.64. The fraction of sp³-hybridized carbons (Fsp3) is 0.300. The van der Waals surface area contributed by atoms with Crippen LogP contribution < -0.4 is 10.9 Å². The topological polar surface area (TPSA) is 83.7 Å². The molecule has 1 atom stereocenters. The van der Waals surface area contributed by atoms with E-state index >= 15 is 0 Å². The molecule has 2 aromatic heterocycles. The third kappa shape index (κ3) is 2.34. The molecular weight excluding hydrogens is 242 g/mol. The lowest BCUT2D eigenvalue weighted by Gasteiger charge is -2.06. The Balaban J connectivity index is 2.32. The number of nitrogens with zero attached hydrogens (tertiary/aromatic N) is 2. The number of hydrogen-bond acceptors (Lipinski definition) is 5. The molecule has 0 aromatic carbocycles. The van der Waals surface area contributed by atoms with Gasteiger partial charge < -0.3 is 10.4 Å². The highest BCUT2D eigenvalue weighted by Crippen LogP contribution is 2.05. The van der Waals surface area contributed by atoms with Gasteiger partial charge in [0.2, 0.25) is 0 Å². The summed E-state index contributed by atoms with van der Waals surface area (Å²) in [5.41, 5.74) is -0.430. The number of aliphatic hydroxyl groups is 1. The second-order valence-electron chi connectivity index (χ2n) is 3.59. The molecule has 0 unspecified atom stereocenters. The van der Waals surface area contributed by atoms with Crippen molar-refractivity contribution in [2.45, 2.75) is 13.0 Å². The Morgan fingerprint density at radius 1 is 1.71 bits per heavy atom. The highest BCUT2D eigenvalue weighted by molar-refractivity contribution is 7.15. The lowest BCUT2D eigenvalue weighted by Crippen LogP contribution is -2.35. The number of fused-ring (bicyclic) bond motifs is 1. The molecule has 0 saturated heterocycles. The van der Waals surface area contributed by atoms with Crippen molar-refractivity contribution in [3.8, 4) is 0 Å². The summed E-state index contributed by atoms with van der Waals surface area (Å²) in [6.07, 6.45) is 2.17. The number of aliphatic hydroxyl groups excluding tert-OH is 1. The minimum Gasteiger partial charge on any atom is -0.392 e. The van der Waals surface area contributed by atoms with Gasteiger partial charge >= 0.3 is 0 Å². The predicted molar refractivity (Wildman–Crippen MR) is 63.4 cm³/mol. The zero-order chi connectivity index (χ0) is 12.4. The molecule has 90 valence electrons. The molecule has 0 aliphatic heterocycles. The van der Waals surface area contributed by atoms with Crippen LogP contribution in [0.15, 0.2) is 22.6 Å². The van der Waals surface area contributed by atoms with Gasteiger partial charge in [0.1, 0.15) is 5.56 Å². The monoisotopic (exact) mass is 253 g/mol. The van der Waals surface area contributed by atoms with Gasteiger partial charge in [-0.3, -0.25) is 14.0 Å². The van der Waals surface area contributed by atoms with E-state index in [1.807, 2.05) is 0 Å². The van der Waals surface area contributed by atoms with Crippen LogP contribution in [0.5, 0.6) is 0 Å². The van der Waals surface area contributed by atoms with E-state index in [1.54, 1.807) is 18.5 Å². The zero-order valence-corrected chi connectivity index (χ0v) is 9.90. The minimum atomic E-state index is -0.653. The normalized spacial score (nSPS) is 12.6. The van der Waals surface area contributed by atoms with Gasteiger partial charge in [0.05, 0.1) is 6.10 Å².